The second-order valence-corrected chi connectivity index (χ2v) is 7.19. The van der Waals surface area contributed by atoms with Gasteiger partial charge >= 0.3 is 5.97 Å². The molecule has 0 aliphatic carbocycles. The van der Waals surface area contributed by atoms with E-state index in [1.54, 1.807) is 12.1 Å². The summed E-state index contributed by atoms with van der Waals surface area (Å²) in [5.41, 5.74) is 1.72. The molecule has 0 unspecified atom stereocenters. The van der Waals surface area contributed by atoms with Gasteiger partial charge in [-0.05, 0) is 36.8 Å². The summed E-state index contributed by atoms with van der Waals surface area (Å²) >= 11 is 1.19. The number of aromatic nitrogens is 2. The summed E-state index contributed by atoms with van der Waals surface area (Å²) < 4.78 is 13.1. The molecule has 26 heavy (non-hydrogen) atoms. The molecule has 0 spiro atoms. The Morgan fingerprint density at radius 1 is 1.12 bits per heavy atom. The van der Waals surface area contributed by atoms with Gasteiger partial charge in [-0.3, -0.25) is 0 Å². The van der Waals surface area contributed by atoms with Crippen LogP contribution in [-0.2, 0) is 0 Å². The van der Waals surface area contributed by atoms with Gasteiger partial charge in [0.1, 0.15) is 27.7 Å². The molecule has 2 aromatic heterocycles. The Labute approximate surface area is 153 Å². The molecule has 3 heterocycles. The highest BCUT2D eigenvalue weighted by molar-refractivity contribution is 7.20. The van der Waals surface area contributed by atoms with Crippen LogP contribution in [0.2, 0.25) is 0 Å². The highest BCUT2D eigenvalue weighted by Gasteiger charge is 2.24. The number of nitrogens with zero attached hydrogens (tertiary/aromatic N) is 4. The van der Waals surface area contributed by atoms with E-state index in [0.29, 0.717) is 15.3 Å². The van der Waals surface area contributed by atoms with Crippen LogP contribution in [0.15, 0.2) is 30.6 Å². The predicted octanol–water partition coefficient (Wildman–Crippen LogP) is 3.16. The van der Waals surface area contributed by atoms with E-state index in [1.165, 1.54) is 29.8 Å². The summed E-state index contributed by atoms with van der Waals surface area (Å²) in [6, 6.07) is 6.52. The third-order valence-electron chi connectivity index (χ3n) is 4.67. The van der Waals surface area contributed by atoms with Crippen molar-refractivity contribution in [3.8, 4) is 0 Å². The molecule has 0 saturated carbocycles. The van der Waals surface area contributed by atoms with Gasteiger partial charge in [0.15, 0.2) is 0 Å². The summed E-state index contributed by atoms with van der Waals surface area (Å²) in [5.74, 6) is -0.384. The molecular formula is C18H17FN4O2S. The maximum absolute atomic E-state index is 13.1. The zero-order valence-corrected chi connectivity index (χ0v) is 15.0. The van der Waals surface area contributed by atoms with Crippen LogP contribution in [0, 0.1) is 12.7 Å². The molecule has 134 valence electrons. The Kier molecular flexibility index (Phi) is 4.20. The van der Waals surface area contributed by atoms with Crippen LogP contribution in [0.1, 0.15) is 15.2 Å². The van der Waals surface area contributed by atoms with Crippen molar-refractivity contribution in [1.29, 1.82) is 0 Å². The van der Waals surface area contributed by atoms with Gasteiger partial charge in [0.25, 0.3) is 0 Å². The molecule has 1 saturated heterocycles. The lowest BCUT2D eigenvalue weighted by atomic mass is 10.1. The number of aryl methyl sites for hydroxylation is 1. The van der Waals surface area contributed by atoms with Gasteiger partial charge in [-0.25, -0.2) is 19.2 Å². The quantitative estimate of drug-likeness (QED) is 0.762. The Bertz CT molecular complexity index is 965. The summed E-state index contributed by atoms with van der Waals surface area (Å²) in [7, 11) is 0. The Morgan fingerprint density at radius 3 is 2.42 bits per heavy atom. The summed E-state index contributed by atoms with van der Waals surface area (Å²) in [4.78, 5) is 25.5. The summed E-state index contributed by atoms with van der Waals surface area (Å²) in [6.45, 7) is 4.88. The molecule has 3 aromatic rings. The third kappa shape index (κ3) is 2.86. The maximum Gasteiger partial charge on any atom is 0.346 e. The van der Waals surface area contributed by atoms with Crippen molar-refractivity contribution < 1.29 is 14.3 Å². The molecule has 0 amide bonds. The topological polar surface area (TPSA) is 69.6 Å². The Hall–Kier alpha value is -2.74. The summed E-state index contributed by atoms with van der Waals surface area (Å²) in [5, 5.41) is 10.2. The van der Waals surface area contributed by atoms with Gasteiger partial charge in [0.2, 0.25) is 0 Å². The van der Waals surface area contributed by atoms with Gasteiger partial charge < -0.3 is 14.9 Å². The van der Waals surface area contributed by atoms with E-state index in [2.05, 4.69) is 19.8 Å². The zero-order chi connectivity index (χ0) is 18.3. The number of piperazine rings is 1. The number of carbonyl (C=O) groups is 1. The second-order valence-electron chi connectivity index (χ2n) is 6.19. The molecule has 0 radical (unpaired) electrons. The average molecular weight is 372 g/mol. The van der Waals surface area contributed by atoms with Crippen molar-refractivity contribution in [2.45, 2.75) is 6.92 Å². The molecule has 4 rings (SSSR count). The minimum atomic E-state index is -0.933. The number of halogens is 1. The first kappa shape index (κ1) is 16.7. The van der Waals surface area contributed by atoms with Crippen molar-refractivity contribution in [2.24, 2.45) is 0 Å². The van der Waals surface area contributed by atoms with Crippen LogP contribution in [0.3, 0.4) is 0 Å². The van der Waals surface area contributed by atoms with E-state index in [9.17, 15) is 14.3 Å². The van der Waals surface area contributed by atoms with Crippen molar-refractivity contribution in [2.75, 3.05) is 36.0 Å². The molecule has 1 fully saturated rings. The fourth-order valence-electron chi connectivity index (χ4n) is 3.33. The van der Waals surface area contributed by atoms with Gasteiger partial charge in [-0.1, -0.05) is 0 Å². The van der Waals surface area contributed by atoms with Gasteiger partial charge in [-0.2, -0.15) is 0 Å². The number of anilines is 2. The third-order valence-corrected chi connectivity index (χ3v) is 5.86. The Balaban J connectivity index is 1.60. The van der Waals surface area contributed by atoms with Crippen LogP contribution in [0.5, 0.6) is 0 Å². The minimum absolute atomic E-state index is 0.238. The minimum Gasteiger partial charge on any atom is -0.477 e. The van der Waals surface area contributed by atoms with E-state index < -0.39 is 5.97 Å². The van der Waals surface area contributed by atoms with Crippen LogP contribution in [-0.4, -0.2) is 47.2 Å². The number of carboxylic acid groups (broad SMARTS) is 1. The molecule has 1 N–H and O–H groups in total. The number of hydrogen-bond donors (Lipinski definition) is 1. The van der Waals surface area contributed by atoms with E-state index in [-0.39, 0.29) is 5.82 Å². The SMILES string of the molecule is Cc1c(C(=O)O)sc2ncnc(N3CCN(c4ccc(F)cc4)CC3)c12. The summed E-state index contributed by atoms with van der Waals surface area (Å²) in [6.07, 6.45) is 1.49. The molecule has 1 aliphatic heterocycles. The Morgan fingerprint density at radius 2 is 1.77 bits per heavy atom. The van der Waals surface area contributed by atoms with Crippen LogP contribution in [0.4, 0.5) is 15.9 Å². The number of hydrogen-bond acceptors (Lipinski definition) is 6. The monoisotopic (exact) mass is 372 g/mol. The number of carboxylic acids is 1. The molecule has 8 heteroatoms. The lowest BCUT2D eigenvalue weighted by molar-refractivity contribution is 0.0701. The van der Waals surface area contributed by atoms with E-state index in [1.807, 2.05) is 6.92 Å². The first-order chi connectivity index (χ1) is 12.5. The highest BCUT2D eigenvalue weighted by atomic mass is 32.1. The average Bonchev–Trinajstić information content (AvgIpc) is 3.00. The molecular weight excluding hydrogens is 355 g/mol. The molecule has 0 bridgehead atoms. The maximum atomic E-state index is 13.1. The lowest BCUT2D eigenvalue weighted by Crippen LogP contribution is -2.46. The number of aromatic carboxylic acids is 1. The predicted molar refractivity (Wildman–Crippen MR) is 99.9 cm³/mol. The van der Waals surface area contributed by atoms with Crippen LogP contribution in [0.25, 0.3) is 10.2 Å². The second kappa shape index (κ2) is 6.53. The van der Waals surface area contributed by atoms with Gasteiger partial charge in [-0.15, -0.1) is 11.3 Å². The van der Waals surface area contributed by atoms with E-state index in [0.717, 1.165) is 43.1 Å². The fourth-order valence-corrected chi connectivity index (χ4v) is 4.31. The van der Waals surface area contributed by atoms with E-state index in [4.69, 9.17) is 0 Å². The largest absolute Gasteiger partial charge is 0.477 e. The van der Waals surface area contributed by atoms with Crippen molar-refractivity contribution in [1.82, 2.24) is 9.97 Å². The molecule has 1 aromatic carbocycles. The first-order valence-corrected chi connectivity index (χ1v) is 9.09. The normalized spacial score (nSPS) is 14.8. The van der Waals surface area contributed by atoms with Crippen molar-refractivity contribution in [3.63, 3.8) is 0 Å². The standard InChI is InChI=1S/C18H17FN4O2S/c1-11-14-16(20-10-21-17(14)26-15(11)18(24)25)23-8-6-22(7-9-23)13-4-2-12(19)3-5-13/h2-5,10H,6-9H2,1H3,(H,24,25). The number of fused-ring (bicyclic) bond motifs is 1. The highest BCUT2D eigenvalue weighted by Crippen LogP contribution is 2.35. The fraction of sp³-hybridized carbons (Fsp3) is 0.278. The molecule has 1 aliphatic rings. The van der Waals surface area contributed by atoms with Gasteiger partial charge in [0.05, 0.1) is 5.39 Å². The van der Waals surface area contributed by atoms with E-state index >= 15 is 0 Å². The smallest absolute Gasteiger partial charge is 0.346 e. The number of thiophene rings is 1. The number of benzene rings is 1. The van der Waals surface area contributed by atoms with Crippen LogP contribution < -0.4 is 9.80 Å². The molecule has 6 nitrogen and oxygen atoms in total. The number of rotatable bonds is 3. The van der Waals surface area contributed by atoms with Gasteiger partial charge in [0, 0.05) is 31.9 Å². The lowest BCUT2D eigenvalue weighted by Gasteiger charge is -2.37. The first-order valence-electron chi connectivity index (χ1n) is 8.27. The van der Waals surface area contributed by atoms with Crippen molar-refractivity contribution >= 4 is 39.0 Å². The zero-order valence-electron chi connectivity index (χ0n) is 14.1. The molecule has 0 atom stereocenters. The van der Waals surface area contributed by atoms with Crippen molar-refractivity contribution in [3.05, 3.63) is 46.9 Å². The van der Waals surface area contributed by atoms with Crippen LogP contribution >= 0.6 is 11.3 Å².